The van der Waals surface area contributed by atoms with Crippen LogP contribution in [-0.2, 0) is 6.54 Å². The van der Waals surface area contributed by atoms with Gasteiger partial charge in [-0.25, -0.2) is 4.98 Å². The number of aryl methyl sites for hydroxylation is 1. The fraction of sp³-hybridized carbons (Fsp3) is 0.786. The molecule has 96 valence electrons. The molecule has 1 saturated carbocycles. The Morgan fingerprint density at radius 3 is 2.82 bits per heavy atom. The van der Waals surface area contributed by atoms with Gasteiger partial charge in [0.05, 0.1) is 6.33 Å². The topological polar surface area (TPSA) is 29.9 Å². The number of hydrogen-bond donors (Lipinski definition) is 1. The summed E-state index contributed by atoms with van der Waals surface area (Å²) in [6.07, 6.45) is 14.0. The molecule has 1 aliphatic carbocycles. The molecule has 0 spiro atoms. The molecule has 0 unspecified atom stereocenters. The normalized spacial score (nSPS) is 19.4. The summed E-state index contributed by atoms with van der Waals surface area (Å²) in [5.74, 6) is 0. The largest absolute Gasteiger partial charge is 0.337 e. The average Bonchev–Trinajstić information content (AvgIpc) is 2.82. The summed E-state index contributed by atoms with van der Waals surface area (Å²) in [6, 6.07) is 0. The first-order valence-corrected chi connectivity index (χ1v) is 6.95. The molecule has 1 N–H and O–H groups in total. The van der Waals surface area contributed by atoms with Crippen LogP contribution in [0.5, 0.6) is 0 Å². The van der Waals surface area contributed by atoms with E-state index in [1.54, 1.807) is 0 Å². The number of rotatable bonds is 6. The van der Waals surface area contributed by atoms with Crippen molar-refractivity contribution >= 4 is 0 Å². The van der Waals surface area contributed by atoms with Crippen molar-refractivity contribution in [1.29, 1.82) is 0 Å². The number of imidazole rings is 1. The van der Waals surface area contributed by atoms with Crippen LogP contribution in [0.2, 0.25) is 0 Å². The molecule has 0 radical (unpaired) electrons. The Morgan fingerprint density at radius 2 is 2.12 bits per heavy atom. The Hall–Kier alpha value is -0.830. The highest BCUT2D eigenvalue weighted by atomic mass is 15.0. The van der Waals surface area contributed by atoms with Gasteiger partial charge in [0, 0.05) is 25.5 Å². The third-order valence-corrected chi connectivity index (χ3v) is 3.94. The number of nitrogens with one attached hydrogen (secondary N) is 1. The van der Waals surface area contributed by atoms with Gasteiger partial charge in [-0.1, -0.05) is 26.2 Å². The van der Waals surface area contributed by atoms with Gasteiger partial charge >= 0.3 is 0 Å². The lowest BCUT2D eigenvalue weighted by atomic mass is 9.76. The molecule has 0 amide bonds. The van der Waals surface area contributed by atoms with E-state index in [9.17, 15) is 0 Å². The zero-order chi connectivity index (χ0) is 12.0. The average molecular weight is 235 g/mol. The van der Waals surface area contributed by atoms with Gasteiger partial charge in [0.2, 0.25) is 0 Å². The molecule has 3 heteroatoms. The van der Waals surface area contributed by atoms with Gasteiger partial charge in [-0.3, -0.25) is 0 Å². The minimum absolute atomic E-state index is 0.563. The third-order valence-electron chi connectivity index (χ3n) is 3.94. The van der Waals surface area contributed by atoms with Crippen molar-refractivity contribution in [2.24, 2.45) is 5.41 Å². The monoisotopic (exact) mass is 235 g/mol. The van der Waals surface area contributed by atoms with Crippen molar-refractivity contribution in [3.05, 3.63) is 18.7 Å². The smallest absolute Gasteiger partial charge is 0.0945 e. The van der Waals surface area contributed by atoms with Gasteiger partial charge in [0.25, 0.3) is 0 Å². The lowest BCUT2D eigenvalue weighted by molar-refractivity contribution is 0.208. The van der Waals surface area contributed by atoms with E-state index in [2.05, 4.69) is 21.8 Å². The van der Waals surface area contributed by atoms with E-state index in [1.165, 1.54) is 45.1 Å². The predicted octanol–water partition coefficient (Wildman–Crippen LogP) is 2.83. The molecule has 1 aliphatic rings. The molecule has 1 aromatic rings. The fourth-order valence-corrected chi connectivity index (χ4v) is 2.78. The molecular weight excluding hydrogens is 210 g/mol. The SMILES string of the molecule is CC1(CNCCCn2ccnc2)CCCCC1. The first-order valence-electron chi connectivity index (χ1n) is 6.95. The molecule has 0 aliphatic heterocycles. The molecule has 0 atom stereocenters. The maximum atomic E-state index is 4.05. The Morgan fingerprint density at radius 1 is 1.29 bits per heavy atom. The molecule has 0 saturated heterocycles. The zero-order valence-electron chi connectivity index (χ0n) is 11.0. The minimum Gasteiger partial charge on any atom is -0.337 e. The summed E-state index contributed by atoms with van der Waals surface area (Å²) in [4.78, 5) is 4.05. The molecular formula is C14H25N3. The Labute approximate surface area is 105 Å². The Balaban J connectivity index is 1.56. The molecule has 17 heavy (non-hydrogen) atoms. The van der Waals surface area contributed by atoms with Crippen molar-refractivity contribution in [3.8, 4) is 0 Å². The maximum absolute atomic E-state index is 4.05. The molecule has 3 nitrogen and oxygen atoms in total. The van der Waals surface area contributed by atoms with Crippen molar-refractivity contribution in [3.63, 3.8) is 0 Å². The van der Waals surface area contributed by atoms with Gasteiger partial charge < -0.3 is 9.88 Å². The number of aromatic nitrogens is 2. The lowest BCUT2D eigenvalue weighted by Gasteiger charge is -2.33. The maximum Gasteiger partial charge on any atom is 0.0945 e. The second-order valence-electron chi connectivity index (χ2n) is 5.70. The Kier molecular flexibility index (Phi) is 4.60. The second kappa shape index (κ2) is 6.20. The highest BCUT2D eigenvalue weighted by Gasteiger charge is 2.25. The van der Waals surface area contributed by atoms with Crippen LogP contribution in [0.25, 0.3) is 0 Å². The lowest BCUT2D eigenvalue weighted by Crippen LogP contribution is -2.34. The van der Waals surface area contributed by atoms with Gasteiger partial charge in [-0.2, -0.15) is 0 Å². The zero-order valence-corrected chi connectivity index (χ0v) is 11.0. The molecule has 2 rings (SSSR count). The Bertz CT molecular complexity index is 299. The molecule has 1 fully saturated rings. The van der Waals surface area contributed by atoms with E-state index in [1.807, 2.05) is 18.7 Å². The van der Waals surface area contributed by atoms with Gasteiger partial charge in [-0.15, -0.1) is 0 Å². The highest BCUT2D eigenvalue weighted by Crippen LogP contribution is 2.34. The van der Waals surface area contributed by atoms with E-state index in [4.69, 9.17) is 0 Å². The summed E-state index contributed by atoms with van der Waals surface area (Å²) in [7, 11) is 0. The van der Waals surface area contributed by atoms with E-state index in [0.29, 0.717) is 5.41 Å². The molecule has 0 aromatic carbocycles. The molecule has 1 aromatic heterocycles. The van der Waals surface area contributed by atoms with Crippen LogP contribution in [0.15, 0.2) is 18.7 Å². The van der Waals surface area contributed by atoms with Crippen molar-refractivity contribution < 1.29 is 0 Å². The summed E-state index contributed by atoms with van der Waals surface area (Å²) in [5.41, 5.74) is 0.563. The van der Waals surface area contributed by atoms with Gasteiger partial charge in [-0.05, 0) is 31.2 Å². The predicted molar refractivity (Wildman–Crippen MR) is 70.9 cm³/mol. The van der Waals surface area contributed by atoms with Crippen LogP contribution in [0, 0.1) is 5.41 Å². The highest BCUT2D eigenvalue weighted by molar-refractivity contribution is 4.80. The fourth-order valence-electron chi connectivity index (χ4n) is 2.78. The van der Waals surface area contributed by atoms with Crippen LogP contribution >= 0.6 is 0 Å². The number of nitrogens with zero attached hydrogens (tertiary/aromatic N) is 2. The molecule has 0 bridgehead atoms. The van der Waals surface area contributed by atoms with E-state index in [-0.39, 0.29) is 0 Å². The quantitative estimate of drug-likeness (QED) is 0.768. The summed E-state index contributed by atoms with van der Waals surface area (Å²) >= 11 is 0. The van der Waals surface area contributed by atoms with E-state index in [0.717, 1.165) is 13.1 Å². The van der Waals surface area contributed by atoms with Crippen molar-refractivity contribution in [1.82, 2.24) is 14.9 Å². The van der Waals surface area contributed by atoms with E-state index < -0.39 is 0 Å². The standard InChI is InChI=1S/C14H25N3/c1-14(6-3-2-4-7-14)12-15-8-5-10-17-11-9-16-13-17/h9,11,13,15H,2-8,10,12H2,1H3. The van der Waals surface area contributed by atoms with Crippen LogP contribution in [-0.4, -0.2) is 22.6 Å². The van der Waals surface area contributed by atoms with Crippen molar-refractivity contribution in [2.75, 3.05) is 13.1 Å². The number of hydrogen-bond acceptors (Lipinski definition) is 2. The van der Waals surface area contributed by atoms with Gasteiger partial charge in [0.1, 0.15) is 0 Å². The molecule has 1 heterocycles. The summed E-state index contributed by atoms with van der Waals surface area (Å²) < 4.78 is 2.14. The second-order valence-corrected chi connectivity index (χ2v) is 5.70. The van der Waals surface area contributed by atoms with Gasteiger partial charge in [0.15, 0.2) is 0 Å². The first-order chi connectivity index (χ1) is 8.29. The van der Waals surface area contributed by atoms with Crippen molar-refractivity contribution in [2.45, 2.75) is 52.0 Å². The minimum atomic E-state index is 0.563. The van der Waals surface area contributed by atoms with Crippen LogP contribution in [0.1, 0.15) is 45.4 Å². The van der Waals surface area contributed by atoms with E-state index >= 15 is 0 Å². The third kappa shape index (κ3) is 4.15. The van der Waals surface area contributed by atoms with Crippen LogP contribution in [0.3, 0.4) is 0 Å². The van der Waals surface area contributed by atoms with Crippen LogP contribution < -0.4 is 5.32 Å². The van der Waals surface area contributed by atoms with Crippen LogP contribution in [0.4, 0.5) is 0 Å². The summed E-state index contributed by atoms with van der Waals surface area (Å²) in [5, 5.41) is 3.62. The summed E-state index contributed by atoms with van der Waals surface area (Å²) in [6.45, 7) is 5.82. The first kappa shape index (κ1) is 12.6.